The van der Waals surface area contributed by atoms with Gasteiger partial charge in [-0.25, -0.2) is 0 Å². The van der Waals surface area contributed by atoms with Crippen LogP contribution in [0.15, 0.2) is 18.2 Å². The molecule has 0 fully saturated rings. The average molecular weight is 267 g/mol. The molecule has 0 aromatic heterocycles. The van der Waals surface area contributed by atoms with Gasteiger partial charge in [0.1, 0.15) is 5.75 Å². The molecule has 0 spiro atoms. The van der Waals surface area contributed by atoms with Crippen molar-refractivity contribution in [1.29, 1.82) is 0 Å². The third-order valence-electron chi connectivity index (χ3n) is 2.09. The minimum atomic E-state index is -4.73. The van der Waals surface area contributed by atoms with Gasteiger partial charge in [-0.2, -0.15) is 0 Å². The summed E-state index contributed by atoms with van der Waals surface area (Å²) < 4.78 is 39.7. The number of hydrogen-bond acceptors (Lipinski definition) is 2. The number of rotatable bonds is 4. The van der Waals surface area contributed by atoms with E-state index >= 15 is 0 Å². The Hall–Kier alpha value is -1.23. The standard InChI is InChI=1S/C11H10ClF3O2/c1-7-2-3-10(17-11(13,14)15)5-8(7)4-9(16)6-12/h2-3,5H,4,6H2,1H3. The summed E-state index contributed by atoms with van der Waals surface area (Å²) in [5.41, 5.74) is 1.20. The number of benzene rings is 1. The lowest BCUT2D eigenvalue weighted by Crippen LogP contribution is -2.17. The van der Waals surface area contributed by atoms with Gasteiger partial charge >= 0.3 is 6.36 Å². The Morgan fingerprint density at radius 2 is 2.06 bits per heavy atom. The van der Waals surface area contributed by atoms with E-state index in [9.17, 15) is 18.0 Å². The molecule has 0 saturated heterocycles. The van der Waals surface area contributed by atoms with Crippen molar-refractivity contribution in [2.75, 3.05) is 5.88 Å². The molecule has 0 amide bonds. The van der Waals surface area contributed by atoms with Gasteiger partial charge in [-0.1, -0.05) is 6.07 Å². The largest absolute Gasteiger partial charge is 0.573 e. The normalized spacial score (nSPS) is 11.4. The summed E-state index contributed by atoms with van der Waals surface area (Å²) in [6, 6.07) is 3.88. The number of carbonyl (C=O) groups excluding carboxylic acids is 1. The van der Waals surface area contributed by atoms with E-state index in [1.54, 1.807) is 6.92 Å². The van der Waals surface area contributed by atoms with Crippen LogP contribution in [0.25, 0.3) is 0 Å². The van der Waals surface area contributed by atoms with E-state index < -0.39 is 6.36 Å². The third-order valence-corrected chi connectivity index (χ3v) is 2.39. The lowest BCUT2D eigenvalue weighted by Gasteiger charge is -2.11. The van der Waals surface area contributed by atoms with Crippen molar-refractivity contribution < 1.29 is 22.7 Å². The number of ether oxygens (including phenoxy) is 1. The first-order chi connectivity index (χ1) is 7.81. The lowest BCUT2D eigenvalue weighted by atomic mass is 10.0. The van der Waals surface area contributed by atoms with Crippen molar-refractivity contribution >= 4 is 17.4 Å². The fraction of sp³-hybridized carbons (Fsp3) is 0.364. The molecule has 94 valence electrons. The van der Waals surface area contributed by atoms with Crippen molar-refractivity contribution in [2.45, 2.75) is 19.7 Å². The second kappa shape index (κ2) is 5.40. The predicted octanol–water partition coefficient (Wildman–Crippen LogP) is 3.24. The van der Waals surface area contributed by atoms with Crippen LogP contribution in [0.5, 0.6) is 5.75 Å². The van der Waals surface area contributed by atoms with Gasteiger partial charge in [0.05, 0.1) is 5.88 Å². The van der Waals surface area contributed by atoms with Gasteiger partial charge in [0.2, 0.25) is 0 Å². The molecule has 0 unspecified atom stereocenters. The van der Waals surface area contributed by atoms with Crippen LogP contribution in [0.3, 0.4) is 0 Å². The Kier molecular flexibility index (Phi) is 4.40. The Labute approximate surface area is 101 Å². The summed E-state index contributed by atoms with van der Waals surface area (Å²) in [7, 11) is 0. The summed E-state index contributed by atoms with van der Waals surface area (Å²) in [6.45, 7) is 1.70. The van der Waals surface area contributed by atoms with E-state index in [4.69, 9.17) is 11.6 Å². The van der Waals surface area contributed by atoms with Crippen molar-refractivity contribution in [2.24, 2.45) is 0 Å². The molecule has 0 aliphatic rings. The first-order valence-electron chi connectivity index (χ1n) is 4.75. The van der Waals surface area contributed by atoms with Crippen molar-refractivity contribution in [3.05, 3.63) is 29.3 Å². The molecule has 0 saturated carbocycles. The van der Waals surface area contributed by atoms with Gasteiger partial charge in [-0.05, 0) is 30.2 Å². The first kappa shape index (κ1) is 13.8. The van der Waals surface area contributed by atoms with Crippen molar-refractivity contribution in [3.8, 4) is 5.75 Å². The van der Waals surface area contributed by atoms with E-state index in [1.807, 2.05) is 0 Å². The zero-order chi connectivity index (χ0) is 13.1. The maximum Gasteiger partial charge on any atom is 0.573 e. The zero-order valence-corrected chi connectivity index (χ0v) is 9.73. The molecule has 0 bridgehead atoms. The van der Waals surface area contributed by atoms with Gasteiger partial charge in [-0.15, -0.1) is 24.8 Å². The molecule has 0 heterocycles. The minimum Gasteiger partial charge on any atom is -0.406 e. The van der Waals surface area contributed by atoms with Crippen LogP contribution < -0.4 is 4.74 Å². The number of aryl methyl sites for hydroxylation is 1. The molecule has 17 heavy (non-hydrogen) atoms. The number of halogens is 4. The van der Waals surface area contributed by atoms with E-state index in [2.05, 4.69) is 4.74 Å². The molecule has 2 nitrogen and oxygen atoms in total. The molecule has 1 rings (SSSR count). The smallest absolute Gasteiger partial charge is 0.406 e. The summed E-state index contributed by atoms with van der Waals surface area (Å²) >= 11 is 5.34. The van der Waals surface area contributed by atoms with E-state index in [-0.39, 0.29) is 23.8 Å². The van der Waals surface area contributed by atoms with Gasteiger partial charge in [0.25, 0.3) is 0 Å². The minimum absolute atomic E-state index is 0.00436. The fourth-order valence-electron chi connectivity index (χ4n) is 1.30. The Bertz CT molecular complexity index is 416. The number of alkyl halides is 4. The maximum absolute atomic E-state index is 12.0. The molecule has 1 aromatic carbocycles. The number of Topliss-reactive ketones (excluding diaryl/α,β-unsaturated/α-hetero) is 1. The Balaban J connectivity index is 2.90. The highest BCUT2D eigenvalue weighted by molar-refractivity contribution is 6.27. The van der Waals surface area contributed by atoms with Crippen LogP contribution in [-0.2, 0) is 11.2 Å². The molecule has 0 aliphatic carbocycles. The van der Waals surface area contributed by atoms with Gasteiger partial charge in [0, 0.05) is 6.42 Å². The average Bonchev–Trinajstić information content (AvgIpc) is 2.20. The Morgan fingerprint density at radius 3 is 2.59 bits per heavy atom. The van der Waals surface area contributed by atoms with E-state index in [0.717, 1.165) is 5.56 Å². The molecule has 0 radical (unpaired) electrons. The summed E-state index contributed by atoms with van der Waals surface area (Å²) in [4.78, 5) is 11.1. The number of carbonyl (C=O) groups is 1. The predicted molar refractivity (Wildman–Crippen MR) is 57.3 cm³/mol. The molecule has 0 aliphatic heterocycles. The highest BCUT2D eigenvalue weighted by Gasteiger charge is 2.31. The molecule has 0 atom stereocenters. The van der Waals surface area contributed by atoms with Crippen LogP contribution in [0, 0.1) is 6.92 Å². The van der Waals surface area contributed by atoms with E-state index in [0.29, 0.717) is 5.56 Å². The van der Waals surface area contributed by atoms with Crippen LogP contribution >= 0.6 is 11.6 Å². The maximum atomic E-state index is 12.0. The molecular weight excluding hydrogens is 257 g/mol. The third kappa shape index (κ3) is 4.65. The molecule has 6 heteroatoms. The van der Waals surface area contributed by atoms with Crippen molar-refractivity contribution in [3.63, 3.8) is 0 Å². The summed E-state index contributed by atoms with van der Waals surface area (Å²) in [5, 5.41) is 0. The van der Waals surface area contributed by atoms with Crippen molar-refractivity contribution in [1.82, 2.24) is 0 Å². The SMILES string of the molecule is Cc1ccc(OC(F)(F)F)cc1CC(=O)CCl. The second-order valence-electron chi connectivity index (χ2n) is 3.49. The van der Waals surface area contributed by atoms with E-state index in [1.165, 1.54) is 18.2 Å². The highest BCUT2D eigenvalue weighted by atomic mass is 35.5. The zero-order valence-electron chi connectivity index (χ0n) is 8.97. The highest BCUT2D eigenvalue weighted by Crippen LogP contribution is 2.25. The van der Waals surface area contributed by atoms with Gasteiger partial charge < -0.3 is 4.74 Å². The van der Waals surface area contributed by atoms with Crippen LogP contribution in [0.1, 0.15) is 11.1 Å². The fourth-order valence-corrected chi connectivity index (χ4v) is 1.39. The van der Waals surface area contributed by atoms with Crippen LogP contribution in [0.2, 0.25) is 0 Å². The molecule has 0 N–H and O–H groups in total. The summed E-state index contributed by atoms with van der Waals surface area (Å²) in [6.07, 6.45) is -4.73. The topological polar surface area (TPSA) is 26.3 Å². The Morgan fingerprint density at radius 1 is 1.41 bits per heavy atom. The quantitative estimate of drug-likeness (QED) is 0.782. The lowest BCUT2D eigenvalue weighted by molar-refractivity contribution is -0.274. The van der Waals surface area contributed by atoms with Crippen LogP contribution in [-0.4, -0.2) is 18.0 Å². The monoisotopic (exact) mass is 266 g/mol. The molecular formula is C11H10ClF3O2. The first-order valence-corrected chi connectivity index (χ1v) is 5.28. The number of hydrogen-bond donors (Lipinski definition) is 0. The summed E-state index contributed by atoms with van der Waals surface area (Å²) in [5.74, 6) is -0.747. The van der Waals surface area contributed by atoms with Gasteiger partial charge in [0.15, 0.2) is 5.78 Å². The molecule has 1 aromatic rings. The number of ketones is 1. The van der Waals surface area contributed by atoms with Gasteiger partial charge in [-0.3, -0.25) is 4.79 Å². The second-order valence-corrected chi connectivity index (χ2v) is 3.75. The van der Waals surface area contributed by atoms with Crippen LogP contribution in [0.4, 0.5) is 13.2 Å².